The molecular weight excluding hydrogens is 338 g/mol. The molecule has 0 aliphatic heterocycles. The van der Waals surface area contributed by atoms with Gasteiger partial charge in [-0.25, -0.2) is 0 Å². The van der Waals surface area contributed by atoms with E-state index in [9.17, 15) is 0 Å². The Kier molecular flexibility index (Phi) is 7.85. The van der Waals surface area contributed by atoms with Crippen LogP contribution < -0.4 is 10.6 Å². The maximum atomic E-state index is 5.16. The van der Waals surface area contributed by atoms with Gasteiger partial charge in [0.05, 0.1) is 18.8 Å². The number of hydrogen-bond acceptors (Lipinski definition) is 3. The van der Waals surface area contributed by atoms with Gasteiger partial charge >= 0.3 is 0 Å². The van der Waals surface area contributed by atoms with Crippen LogP contribution in [0.4, 0.5) is 0 Å². The lowest BCUT2D eigenvalue weighted by molar-refractivity contribution is 0.182. The Morgan fingerprint density at radius 3 is 2.44 bits per heavy atom. The van der Waals surface area contributed by atoms with Gasteiger partial charge in [-0.15, -0.1) is 0 Å². The second kappa shape index (κ2) is 10.1. The number of guanidine groups is 1. The molecule has 6 nitrogen and oxygen atoms in total. The normalized spacial score (nSPS) is 11.7. The third-order valence-corrected chi connectivity index (χ3v) is 4.68. The van der Waals surface area contributed by atoms with Crippen LogP contribution >= 0.6 is 0 Å². The van der Waals surface area contributed by atoms with E-state index in [0.717, 1.165) is 31.2 Å². The molecule has 0 saturated carbocycles. The fraction of sp³-hybridized carbons (Fsp3) is 0.524. The molecule has 0 saturated heterocycles. The number of nitrogens with zero attached hydrogens (tertiary/aromatic N) is 3. The lowest BCUT2D eigenvalue weighted by Gasteiger charge is -2.13. The van der Waals surface area contributed by atoms with Gasteiger partial charge in [0.15, 0.2) is 5.96 Å². The summed E-state index contributed by atoms with van der Waals surface area (Å²) < 4.78 is 7.16. The first-order valence-electron chi connectivity index (χ1n) is 9.48. The molecule has 1 heterocycles. The highest BCUT2D eigenvalue weighted by molar-refractivity contribution is 5.79. The Balaban J connectivity index is 1.88. The predicted molar refractivity (Wildman–Crippen MR) is 111 cm³/mol. The molecule has 0 amide bonds. The molecule has 0 bridgehead atoms. The van der Waals surface area contributed by atoms with E-state index >= 15 is 0 Å². The van der Waals surface area contributed by atoms with E-state index in [0.29, 0.717) is 13.2 Å². The SMILES string of the molecule is CN=C(NCCc1cc(C)cc(C)c1)NCc1c(C)nn(CCOC)c1C. The summed E-state index contributed by atoms with van der Waals surface area (Å²) in [7, 11) is 3.51. The Morgan fingerprint density at radius 2 is 1.81 bits per heavy atom. The molecule has 0 atom stereocenters. The van der Waals surface area contributed by atoms with Crippen molar-refractivity contribution in [3.05, 3.63) is 51.8 Å². The van der Waals surface area contributed by atoms with E-state index in [4.69, 9.17) is 4.74 Å². The molecule has 148 valence electrons. The fourth-order valence-corrected chi connectivity index (χ4v) is 3.32. The number of aliphatic imine (C=N–C) groups is 1. The highest BCUT2D eigenvalue weighted by Gasteiger charge is 2.11. The number of benzene rings is 1. The Bertz CT molecular complexity index is 759. The number of nitrogens with one attached hydrogen (secondary N) is 2. The standard InChI is InChI=1S/C21H33N5O/c1-15-11-16(2)13-19(12-15)7-8-23-21(22-5)24-14-20-17(3)25-26(18(20)4)9-10-27-6/h11-13H,7-10,14H2,1-6H3,(H2,22,23,24). The minimum absolute atomic E-state index is 0.663. The summed E-state index contributed by atoms with van der Waals surface area (Å²) in [5, 5.41) is 11.4. The van der Waals surface area contributed by atoms with Crippen molar-refractivity contribution >= 4 is 5.96 Å². The molecule has 0 fully saturated rings. The van der Waals surface area contributed by atoms with Crippen molar-refractivity contribution in [1.82, 2.24) is 20.4 Å². The van der Waals surface area contributed by atoms with E-state index in [2.05, 4.69) is 59.7 Å². The number of ether oxygens (including phenoxy) is 1. The van der Waals surface area contributed by atoms with Gasteiger partial charge in [0.25, 0.3) is 0 Å². The van der Waals surface area contributed by atoms with E-state index in [-0.39, 0.29) is 0 Å². The molecule has 2 aromatic rings. The number of methoxy groups -OCH3 is 1. The molecule has 0 aliphatic rings. The minimum atomic E-state index is 0.663. The van der Waals surface area contributed by atoms with Crippen LogP contribution in [0.2, 0.25) is 0 Å². The van der Waals surface area contributed by atoms with Crippen LogP contribution in [0, 0.1) is 27.7 Å². The lowest BCUT2D eigenvalue weighted by atomic mass is 10.1. The molecule has 0 aliphatic carbocycles. The zero-order chi connectivity index (χ0) is 19.8. The van der Waals surface area contributed by atoms with E-state index in [1.165, 1.54) is 27.9 Å². The summed E-state index contributed by atoms with van der Waals surface area (Å²) in [4.78, 5) is 4.33. The molecule has 0 radical (unpaired) electrons. The smallest absolute Gasteiger partial charge is 0.191 e. The van der Waals surface area contributed by atoms with Crippen molar-refractivity contribution in [2.24, 2.45) is 4.99 Å². The maximum absolute atomic E-state index is 5.16. The summed E-state index contributed by atoms with van der Waals surface area (Å²) in [6, 6.07) is 6.69. The first-order chi connectivity index (χ1) is 12.9. The Morgan fingerprint density at radius 1 is 1.11 bits per heavy atom. The predicted octanol–water partition coefficient (Wildman–Crippen LogP) is 2.67. The van der Waals surface area contributed by atoms with Crippen molar-refractivity contribution in [1.29, 1.82) is 0 Å². The summed E-state index contributed by atoms with van der Waals surface area (Å²) in [5.41, 5.74) is 7.39. The van der Waals surface area contributed by atoms with Crippen LogP contribution in [0.15, 0.2) is 23.2 Å². The first-order valence-corrected chi connectivity index (χ1v) is 9.48. The van der Waals surface area contributed by atoms with Gasteiger partial charge in [-0.2, -0.15) is 5.10 Å². The second-order valence-electron chi connectivity index (χ2n) is 6.96. The molecule has 27 heavy (non-hydrogen) atoms. The second-order valence-corrected chi connectivity index (χ2v) is 6.96. The molecule has 2 rings (SSSR count). The van der Waals surface area contributed by atoms with Crippen molar-refractivity contribution in [2.75, 3.05) is 27.3 Å². The van der Waals surface area contributed by atoms with Crippen molar-refractivity contribution in [3.8, 4) is 0 Å². The third-order valence-electron chi connectivity index (χ3n) is 4.68. The van der Waals surface area contributed by atoms with Gasteiger partial charge in [0, 0.05) is 38.5 Å². The van der Waals surface area contributed by atoms with Gasteiger partial charge in [-0.05, 0) is 39.7 Å². The summed E-state index contributed by atoms with van der Waals surface area (Å²) >= 11 is 0. The average Bonchev–Trinajstić information content (AvgIpc) is 2.89. The molecular formula is C21H33N5O. The monoisotopic (exact) mass is 371 g/mol. The topological polar surface area (TPSA) is 63.5 Å². The molecule has 1 aromatic heterocycles. The largest absolute Gasteiger partial charge is 0.383 e. The molecule has 6 heteroatoms. The van der Waals surface area contributed by atoms with Crippen molar-refractivity contribution in [2.45, 2.75) is 47.2 Å². The van der Waals surface area contributed by atoms with Gasteiger partial charge in [-0.3, -0.25) is 9.67 Å². The number of aromatic nitrogens is 2. The van der Waals surface area contributed by atoms with Gasteiger partial charge < -0.3 is 15.4 Å². The molecule has 2 N–H and O–H groups in total. The van der Waals surface area contributed by atoms with Crippen LogP contribution in [0.3, 0.4) is 0 Å². The van der Waals surface area contributed by atoms with Gasteiger partial charge in [-0.1, -0.05) is 29.3 Å². The van der Waals surface area contributed by atoms with Crippen LogP contribution in [-0.4, -0.2) is 43.0 Å². The van der Waals surface area contributed by atoms with E-state index < -0.39 is 0 Å². The van der Waals surface area contributed by atoms with Crippen molar-refractivity contribution in [3.63, 3.8) is 0 Å². The highest BCUT2D eigenvalue weighted by Crippen LogP contribution is 2.13. The van der Waals surface area contributed by atoms with Crippen LogP contribution in [0.1, 0.15) is 33.6 Å². The molecule has 0 unspecified atom stereocenters. The third kappa shape index (κ3) is 6.10. The fourth-order valence-electron chi connectivity index (χ4n) is 3.32. The minimum Gasteiger partial charge on any atom is -0.383 e. The quantitative estimate of drug-likeness (QED) is 0.553. The number of aryl methyl sites for hydroxylation is 3. The van der Waals surface area contributed by atoms with Crippen LogP contribution in [0.25, 0.3) is 0 Å². The highest BCUT2D eigenvalue weighted by atomic mass is 16.5. The number of rotatable bonds is 8. The Labute approximate surface area is 163 Å². The van der Waals surface area contributed by atoms with Crippen molar-refractivity contribution < 1.29 is 4.74 Å². The zero-order valence-electron chi connectivity index (χ0n) is 17.5. The first kappa shape index (κ1) is 21.0. The summed E-state index contributed by atoms with van der Waals surface area (Å²) in [6.45, 7) is 11.4. The number of hydrogen-bond donors (Lipinski definition) is 2. The Hall–Kier alpha value is -2.34. The van der Waals surface area contributed by atoms with Crippen LogP contribution in [-0.2, 0) is 24.2 Å². The van der Waals surface area contributed by atoms with E-state index in [1.807, 2.05) is 11.6 Å². The van der Waals surface area contributed by atoms with Gasteiger partial charge in [0.2, 0.25) is 0 Å². The summed E-state index contributed by atoms with van der Waals surface area (Å²) in [5.74, 6) is 0.808. The zero-order valence-corrected chi connectivity index (χ0v) is 17.5. The van der Waals surface area contributed by atoms with Gasteiger partial charge in [0.1, 0.15) is 0 Å². The molecule has 1 aromatic carbocycles. The van der Waals surface area contributed by atoms with E-state index in [1.54, 1.807) is 14.2 Å². The lowest BCUT2D eigenvalue weighted by Crippen LogP contribution is -2.38. The van der Waals surface area contributed by atoms with Crippen LogP contribution in [0.5, 0.6) is 0 Å². The molecule has 0 spiro atoms. The average molecular weight is 372 g/mol. The maximum Gasteiger partial charge on any atom is 0.191 e. The summed E-state index contributed by atoms with van der Waals surface area (Å²) in [6.07, 6.45) is 0.968.